The van der Waals surface area contributed by atoms with Gasteiger partial charge in [0.1, 0.15) is 0 Å². The second kappa shape index (κ2) is 7.12. The van der Waals surface area contributed by atoms with Crippen molar-refractivity contribution in [2.24, 2.45) is 5.92 Å². The molecule has 7 nitrogen and oxygen atoms in total. The number of rotatable bonds is 5. The number of anilines is 1. The van der Waals surface area contributed by atoms with Gasteiger partial charge in [-0.05, 0) is 17.7 Å². The summed E-state index contributed by atoms with van der Waals surface area (Å²) < 4.78 is 0. The van der Waals surface area contributed by atoms with Crippen molar-refractivity contribution < 1.29 is 14.5 Å². The third-order valence-corrected chi connectivity index (χ3v) is 4.18. The lowest BCUT2D eigenvalue weighted by atomic mass is 10.1. The average Bonchev–Trinajstić information content (AvgIpc) is 3.02. The van der Waals surface area contributed by atoms with E-state index in [1.165, 1.54) is 29.2 Å². The zero-order chi connectivity index (χ0) is 17.8. The van der Waals surface area contributed by atoms with Crippen LogP contribution in [0.5, 0.6) is 0 Å². The molecule has 1 heterocycles. The maximum Gasteiger partial charge on any atom is 0.269 e. The predicted molar refractivity (Wildman–Crippen MR) is 91.8 cm³/mol. The molecule has 2 amide bonds. The summed E-state index contributed by atoms with van der Waals surface area (Å²) in [6.07, 6.45) is 0.137. The Bertz CT molecular complexity index is 790. The first-order valence-electron chi connectivity index (χ1n) is 7.91. The van der Waals surface area contributed by atoms with Crippen LogP contribution in [-0.4, -0.2) is 23.3 Å². The Labute approximate surface area is 144 Å². The number of nitro benzene ring substituents is 1. The molecule has 0 aromatic heterocycles. The van der Waals surface area contributed by atoms with Crippen LogP contribution >= 0.6 is 0 Å². The molecule has 128 valence electrons. The molecule has 0 bridgehead atoms. The molecule has 3 rings (SSSR count). The van der Waals surface area contributed by atoms with Gasteiger partial charge in [-0.2, -0.15) is 0 Å². The van der Waals surface area contributed by atoms with Crippen LogP contribution in [0.3, 0.4) is 0 Å². The number of hydrogen-bond acceptors (Lipinski definition) is 4. The number of benzene rings is 2. The molecular weight excluding hydrogens is 322 g/mol. The second-order valence-electron chi connectivity index (χ2n) is 5.88. The summed E-state index contributed by atoms with van der Waals surface area (Å²) in [6, 6.07) is 15.3. The molecule has 1 fully saturated rings. The number of non-ortho nitro benzene ring substituents is 1. The molecule has 7 heteroatoms. The molecule has 1 saturated heterocycles. The van der Waals surface area contributed by atoms with E-state index in [0.29, 0.717) is 12.2 Å². The molecule has 0 radical (unpaired) electrons. The summed E-state index contributed by atoms with van der Waals surface area (Å²) in [5.41, 5.74) is 1.52. The van der Waals surface area contributed by atoms with E-state index in [4.69, 9.17) is 0 Å². The van der Waals surface area contributed by atoms with Crippen LogP contribution in [0.4, 0.5) is 11.4 Å². The number of carbonyl (C=O) groups excluding carboxylic acids is 2. The quantitative estimate of drug-likeness (QED) is 0.668. The molecule has 2 aromatic carbocycles. The highest BCUT2D eigenvalue weighted by atomic mass is 16.6. The Balaban J connectivity index is 1.61. The van der Waals surface area contributed by atoms with E-state index in [2.05, 4.69) is 5.32 Å². The van der Waals surface area contributed by atoms with Crippen molar-refractivity contribution in [2.75, 3.05) is 11.4 Å². The molecule has 2 aromatic rings. The third-order valence-electron chi connectivity index (χ3n) is 4.18. The fourth-order valence-electron chi connectivity index (χ4n) is 2.82. The Morgan fingerprint density at radius 3 is 2.48 bits per heavy atom. The van der Waals surface area contributed by atoms with Crippen molar-refractivity contribution >= 4 is 23.2 Å². The first kappa shape index (κ1) is 16.6. The van der Waals surface area contributed by atoms with E-state index in [1.54, 1.807) is 0 Å². The molecule has 1 atom stereocenters. The molecule has 1 N–H and O–H groups in total. The summed E-state index contributed by atoms with van der Waals surface area (Å²) in [5.74, 6) is -0.748. The van der Waals surface area contributed by atoms with Crippen LogP contribution in [0, 0.1) is 16.0 Å². The normalized spacial score (nSPS) is 16.7. The molecule has 0 aliphatic carbocycles. The van der Waals surface area contributed by atoms with Crippen LogP contribution in [0.25, 0.3) is 0 Å². The molecular formula is C18H17N3O4. The van der Waals surface area contributed by atoms with Crippen molar-refractivity contribution in [3.8, 4) is 0 Å². The lowest BCUT2D eigenvalue weighted by Gasteiger charge is -2.16. The zero-order valence-electron chi connectivity index (χ0n) is 13.4. The summed E-state index contributed by atoms with van der Waals surface area (Å²) in [6.45, 7) is 0.694. The second-order valence-corrected chi connectivity index (χ2v) is 5.88. The first-order chi connectivity index (χ1) is 12.0. The Morgan fingerprint density at radius 1 is 1.16 bits per heavy atom. The monoisotopic (exact) mass is 339 g/mol. The van der Waals surface area contributed by atoms with Gasteiger partial charge in [-0.3, -0.25) is 19.7 Å². The topological polar surface area (TPSA) is 92.6 Å². The van der Waals surface area contributed by atoms with Crippen molar-refractivity contribution in [1.82, 2.24) is 5.32 Å². The summed E-state index contributed by atoms with van der Waals surface area (Å²) >= 11 is 0. The minimum absolute atomic E-state index is 0.0347. The van der Waals surface area contributed by atoms with E-state index in [1.807, 2.05) is 30.3 Å². The van der Waals surface area contributed by atoms with Gasteiger partial charge in [0.25, 0.3) is 5.69 Å². The van der Waals surface area contributed by atoms with Gasteiger partial charge in [0.15, 0.2) is 0 Å². The SMILES string of the molecule is O=C(NCc1ccccc1)[C@@H]1CC(=O)N(c2ccc([N+](=O)[O-])cc2)C1. The fraction of sp³-hybridized carbons (Fsp3) is 0.222. The van der Waals surface area contributed by atoms with Gasteiger partial charge < -0.3 is 10.2 Å². The summed E-state index contributed by atoms with van der Waals surface area (Å²) in [7, 11) is 0. The van der Waals surface area contributed by atoms with Crippen molar-refractivity contribution in [1.29, 1.82) is 0 Å². The lowest BCUT2D eigenvalue weighted by Crippen LogP contribution is -2.32. The van der Waals surface area contributed by atoms with E-state index in [-0.39, 0.29) is 30.5 Å². The van der Waals surface area contributed by atoms with Crippen molar-refractivity contribution in [3.05, 3.63) is 70.3 Å². The van der Waals surface area contributed by atoms with Crippen molar-refractivity contribution in [2.45, 2.75) is 13.0 Å². The molecule has 0 saturated carbocycles. The molecule has 0 spiro atoms. The van der Waals surface area contributed by atoms with E-state index in [9.17, 15) is 19.7 Å². The Kier molecular flexibility index (Phi) is 4.74. The largest absolute Gasteiger partial charge is 0.352 e. The van der Waals surface area contributed by atoms with Gasteiger partial charge in [-0.15, -0.1) is 0 Å². The minimum Gasteiger partial charge on any atom is -0.352 e. The number of nitrogens with zero attached hydrogens (tertiary/aromatic N) is 2. The number of amides is 2. The predicted octanol–water partition coefficient (Wildman–Crippen LogP) is 2.26. The van der Waals surface area contributed by atoms with Gasteiger partial charge in [-0.25, -0.2) is 0 Å². The summed E-state index contributed by atoms with van der Waals surface area (Å²) in [4.78, 5) is 36.2. The lowest BCUT2D eigenvalue weighted by molar-refractivity contribution is -0.384. The van der Waals surface area contributed by atoms with Gasteiger partial charge in [-0.1, -0.05) is 30.3 Å². The van der Waals surface area contributed by atoms with Crippen LogP contribution in [0.1, 0.15) is 12.0 Å². The zero-order valence-corrected chi connectivity index (χ0v) is 13.4. The van der Waals surface area contributed by atoms with Gasteiger partial charge >= 0.3 is 0 Å². The standard InChI is InChI=1S/C18H17N3O4/c22-17-10-14(18(23)19-11-13-4-2-1-3-5-13)12-20(17)15-6-8-16(9-7-15)21(24)25/h1-9,14H,10-12H2,(H,19,23)/t14-/m1/s1. The maximum absolute atomic E-state index is 12.3. The van der Waals surface area contributed by atoms with E-state index < -0.39 is 10.8 Å². The highest BCUT2D eigenvalue weighted by molar-refractivity contribution is 6.00. The van der Waals surface area contributed by atoms with Gasteiger partial charge in [0.05, 0.1) is 10.8 Å². The fourth-order valence-corrected chi connectivity index (χ4v) is 2.82. The van der Waals surface area contributed by atoms with E-state index >= 15 is 0 Å². The van der Waals surface area contributed by atoms with Crippen LogP contribution in [-0.2, 0) is 16.1 Å². The van der Waals surface area contributed by atoms with Crippen LogP contribution in [0.2, 0.25) is 0 Å². The smallest absolute Gasteiger partial charge is 0.269 e. The minimum atomic E-state index is -0.491. The Hall–Kier alpha value is -3.22. The van der Waals surface area contributed by atoms with Crippen LogP contribution in [0.15, 0.2) is 54.6 Å². The number of nitrogens with one attached hydrogen (secondary N) is 1. The molecule has 1 aliphatic heterocycles. The first-order valence-corrected chi connectivity index (χ1v) is 7.91. The Morgan fingerprint density at radius 2 is 1.84 bits per heavy atom. The summed E-state index contributed by atoms with van der Waals surface area (Å²) in [5, 5.41) is 13.6. The van der Waals surface area contributed by atoms with Gasteiger partial charge in [0.2, 0.25) is 11.8 Å². The number of carbonyl (C=O) groups is 2. The molecule has 25 heavy (non-hydrogen) atoms. The highest BCUT2D eigenvalue weighted by Crippen LogP contribution is 2.27. The number of nitro groups is 1. The maximum atomic E-state index is 12.3. The van der Waals surface area contributed by atoms with Gasteiger partial charge in [0, 0.05) is 37.3 Å². The number of hydrogen-bond donors (Lipinski definition) is 1. The third kappa shape index (κ3) is 3.82. The van der Waals surface area contributed by atoms with Crippen LogP contribution < -0.4 is 10.2 Å². The van der Waals surface area contributed by atoms with E-state index in [0.717, 1.165) is 5.56 Å². The average molecular weight is 339 g/mol. The molecule has 0 unspecified atom stereocenters. The molecule has 1 aliphatic rings. The van der Waals surface area contributed by atoms with Crippen molar-refractivity contribution in [3.63, 3.8) is 0 Å². The highest BCUT2D eigenvalue weighted by Gasteiger charge is 2.35.